The molecule has 0 aromatic carbocycles. The molecule has 0 bridgehead atoms. The van der Waals surface area contributed by atoms with Crippen LogP contribution in [0.3, 0.4) is 0 Å². The van der Waals surface area contributed by atoms with E-state index in [0.29, 0.717) is 12.4 Å². The maximum Gasteiger partial charge on any atom is 0.229 e. The first-order chi connectivity index (χ1) is 10.3. The molecule has 4 heterocycles. The molecule has 4 rings (SSSR count). The highest BCUT2D eigenvalue weighted by Crippen LogP contribution is 2.36. The number of fused-ring (bicyclic) bond motifs is 1. The molecule has 7 nitrogen and oxygen atoms in total. The standard InChI is InChI=1S/C14H14N6O/c21-13-6-12-11(20(13)10-7-15-9-16-8-10)2-5-19(12)14-17-3-1-4-18-14/h1,3-4,7-9,11-12H,2,5-6H2/t11-,12-/m1/s1. The Bertz CT molecular complexity index is 649. The first-order valence-electron chi connectivity index (χ1n) is 6.95. The Morgan fingerprint density at radius 2 is 1.86 bits per heavy atom. The summed E-state index contributed by atoms with van der Waals surface area (Å²) in [5.74, 6) is 0.810. The largest absolute Gasteiger partial charge is 0.335 e. The second kappa shape index (κ2) is 4.76. The average molecular weight is 282 g/mol. The van der Waals surface area contributed by atoms with Crippen LogP contribution in [0.5, 0.6) is 0 Å². The molecule has 0 N–H and O–H groups in total. The second-order valence-corrected chi connectivity index (χ2v) is 5.23. The number of carbonyl (C=O) groups excluding carboxylic acids is 1. The van der Waals surface area contributed by atoms with Crippen LogP contribution in [-0.2, 0) is 4.79 Å². The third-order valence-corrected chi connectivity index (χ3v) is 4.13. The summed E-state index contributed by atoms with van der Waals surface area (Å²) in [4.78, 5) is 33.0. The third kappa shape index (κ3) is 1.93. The Balaban J connectivity index is 1.65. The summed E-state index contributed by atoms with van der Waals surface area (Å²) in [6.07, 6.45) is 9.70. The van der Waals surface area contributed by atoms with Gasteiger partial charge in [-0.2, -0.15) is 0 Å². The van der Waals surface area contributed by atoms with Crippen molar-refractivity contribution < 1.29 is 4.79 Å². The second-order valence-electron chi connectivity index (χ2n) is 5.23. The molecule has 0 aliphatic carbocycles. The van der Waals surface area contributed by atoms with E-state index >= 15 is 0 Å². The van der Waals surface area contributed by atoms with E-state index in [1.807, 2.05) is 4.90 Å². The fourth-order valence-corrected chi connectivity index (χ4v) is 3.29. The van der Waals surface area contributed by atoms with Crippen LogP contribution in [0.2, 0.25) is 0 Å². The molecule has 2 aliphatic heterocycles. The van der Waals surface area contributed by atoms with Crippen molar-refractivity contribution in [2.75, 3.05) is 16.3 Å². The summed E-state index contributed by atoms with van der Waals surface area (Å²) in [5, 5.41) is 0. The molecular formula is C14H14N6O. The van der Waals surface area contributed by atoms with Crippen molar-refractivity contribution in [3.05, 3.63) is 37.2 Å². The van der Waals surface area contributed by atoms with Gasteiger partial charge in [0.05, 0.1) is 30.2 Å². The molecule has 0 radical (unpaired) electrons. The average Bonchev–Trinajstić information content (AvgIpc) is 3.06. The summed E-state index contributed by atoms with van der Waals surface area (Å²) in [6.45, 7) is 0.858. The number of anilines is 2. The van der Waals surface area contributed by atoms with E-state index < -0.39 is 0 Å². The van der Waals surface area contributed by atoms with Gasteiger partial charge in [0.2, 0.25) is 11.9 Å². The molecule has 2 aromatic rings. The molecular weight excluding hydrogens is 268 g/mol. The minimum Gasteiger partial charge on any atom is -0.335 e. The number of hydrogen-bond donors (Lipinski definition) is 0. The van der Waals surface area contributed by atoms with Gasteiger partial charge in [-0.05, 0) is 12.5 Å². The van der Waals surface area contributed by atoms with Crippen molar-refractivity contribution in [1.82, 2.24) is 19.9 Å². The van der Waals surface area contributed by atoms with E-state index in [1.54, 1.807) is 30.9 Å². The van der Waals surface area contributed by atoms with Gasteiger partial charge < -0.3 is 9.80 Å². The van der Waals surface area contributed by atoms with Crippen LogP contribution in [0, 0.1) is 0 Å². The van der Waals surface area contributed by atoms with Gasteiger partial charge in [0.15, 0.2) is 0 Å². The van der Waals surface area contributed by atoms with Gasteiger partial charge in [0.1, 0.15) is 6.33 Å². The van der Waals surface area contributed by atoms with Crippen LogP contribution in [0.15, 0.2) is 37.2 Å². The first kappa shape index (κ1) is 12.2. The fraction of sp³-hybridized carbons (Fsp3) is 0.357. The zero-order valence-corrected chi connectivity index (χ0v) is 11.3. The monoisotopic (exact) mass is 282 g/mol. The van der Waals surface area contributed by atoms with E-state index in [9.17, 15) is 4.79 Å². The summed E-state index contributed by atoms with van der Waals surface area (Å²) < 4.78 is 0. The number of aromatic nitrogens is 4. The van der Waals surface area contributed by atoms with E-state index in [4.69, 9.17) is 0 Å². The Hall–Kier alpha value is -2.57. The lowest BCUT2D eigenvalue weighted by molar-refractivity contribution is -0.117. The van der Waals surface area contributed by atoms with Gasteiger partial charge in [-0.25, -0.2) is 19.9 Å². The zero-order chi connectivity index (χ0) is 14.2. The number of rotatable bonds is 2. The van der Waals surface area contributed by atoms with E-state index in [2.05, 4.69) is 24.8 Å². The van der Waals surface area contributed by atoms with Crippen LogP contribution in [0.1, 0.15) is 12.8 Å². The molecule has 0 saturated carbocycles. The normalized spacial score (nSPS) is 24.5. The van der Waals surface area contributed by atoms with Gasteiger partial charge in [-0.1, -0.05) is 0 Å². The first-order valence-corrected chi connectivity index (χ1v) is 6.95. The minimum absolute atomic E-state index is 0.112. The summed E-state index contributed by atoms with van der Waals surface area (Å²) in [7, 11) is 0. The van der Waals surface area contributed by atoms with Crippen LogP contribution < -0.4 is 9.80 Å². The van der Waals surface area contributed by atoms with Crippen molar-refractivity contribution in [3.63, 3.8) is 0 Å². The topological polar surface area (TPSA) is 75.1 Å². The molecule has 2 atom stereocenters. The van der Waals surface area contributed by atoms with Gasteiger partial charge in [0.25, 0.3) is 0 Å². The van der Waals surface area contributed by atoms with Crippen LogP contribution in [-0.4, -0.2) is 44.5 Å². The molecule has 7 heteroatoms. The quantitative estimate of drug-likeness (QED) is 0.805. The zero-order valence-electron chi connectivity index (χ0n) is 11.3. The Morgan fingerprint density at radius 3 is 2.62 bits per heavy atom. The van der Waals surface area contributed by atoms with E-state index in [-0.39, 0.29) is 18.0 Å². The maximum absolute atomic E-state index is 12.4. The van der Waals surface area contributed by atoms with Crippen LogP contribution >= 0.6 is 0 Å². The Kier molecular flexibility index (Phi) is 2.77. The predicted octanol–water partition coefficient (Wildman–Crippen LogP) is 0.651. The van der Waals surface area contributed by atoms with Crippen molar-refractivity contribution in [3.8, 4) is 0 Å². The minimum atomic E-state index is 0.112. The Labute approximate surface area is 121 Å². The number of hydrogen-bond acceptors (Lipinski definition) is 6. The van der Waals surface area contributed by atoms with E-state index in [0.717, 1.165) is 18.7 Å². The lowest BCUT2D eigenvalue weighted by Gasteiger charge is -2.24. The molecule has 2 aromatic heterocycles. The van der Waals surface area contributed by atoms with Crippen molar-refractivity contribution in [2.45, 2.75) is 24.9 Å². The summed E-state index contributed by atoms with van der Waals surface area (Å²) in [6, 6.07) is 2.07. The van der Waals surface area contributed by atoms with Gasteiger partial charge >= 0.3 is 0 Å². The third-order valence-electron chi connectivity index (χ3n) is 4.13. The highest BCUT2D eigenvalue weighted by molar-refractivity contribution is 5.97. The fourth-order valence-electron chi connectivity index (χ4n) is 3.29. The predicted molar refractivity (Wildman–Crippen MR) is 75.7 cm³/mol. The Morgan fingerprint density at radius 1 is 1.10 bits per heavy atom. The van der Waals surface area contributed by atoms with Gasteiger partial charge in [-0.15, -0.1) is 0 Å². The van der Waals surface area contributed by atoms with Gasteiger partial charge in [-0.3, -0.25) is 4.79 Å². The lowest BCUT2D eigenvalue weighted by atomic mass is 10.1. The molecule has 1 amide bonds. The molecule has 2 saturated heterocycles. The van der Waals surface area contributed by atoms with Crippen LogP contribution in [0.4, 0.5) is 11.6 Å². The maximum atomic E-state index is 12.4. The molecule has 106 valence electrons. The summed E-state index contributed by atoms with van der Waals surface area (Å²) in [5.41, 5.74) is 0.769. The molecule has 2 aliphatic rings. The highest BCUT2D eigenvalue weighted by Gasteiger charge is 2.48. The molecule has 21 heavy (non-hydrogen) atoms. The number of nitrogens with zero attached hydrogens (tertiary/aromatic N) is 6. The highest BCUT2D eigenvalue weighted by atomic mass is 16.2. The molecule has 2 fully saturated rings. The van der Waals surface area contributed by atoms with E-state index in [1.165, 1.54) is 6.33 Å². The molecule has 0 unspecified atom stereocenters. The number of amides is 1. The van der Waals surface area contributed by atoms with Crippen molar-refractivity contribution in [2.24, 2.45) is 0 Å². The lowest BCUT2D eigenvalue weighted by Crippen LogP contribution is -2.38. The SMILES string of the molecule is O=C1C[C@@H]2[C@@H](CCN2c2ncccn2)N1c1cncnc1. The van der Waals surface area contributed by atoms with Crippen molar-refractivity contribution in [1.29, 1.82) is 0 Å². The van der Waals surface area contributed by atoms with Gasteiger partial charge in [0, 0.05) is 25.4 Å². The molecule has 0 spiro atoms. The van der Waals surface area contributed by atoms with Crippen molar-refractivity contribution >= 4 is 17.5 Å². The smallest absolute Gasteiger partial charge is 0.229 e. The van der Waals surface area contributed by atoms with Crippen LogP contribution in [0.25, 0.3) is 0 Å². The summed E-state index contributed by atoms with van der Waals surface area (Å²) >= 11 is 0. The number of carbonyl (C=O) groups is 1.